The average molecular weight is 264 g/mol. The van der Waals surface area contributed by atoms with Gasteiger partial charge in [0.15, 0.2) is 0 Å². The topological polar surface area (TPSA) is 55.0 Å². The van der Waals surface area contributed by atoms with Crippen LogP contribution in [0.4, 0.5) is 19.1 Å². The number of anilines is 1. The molecule has 0 radical (unpaired) electrons. The van der Waals surface area contributed by atoms with Gasteiger partial charge >= 0.3 is 6.18 Å². The fourth-order valence-electron chi connectivity index (χ4n) is 1.18. The van der Waals surface area contributed by atoms with E-state index in [1.807, 2.05) is 0 Å². The summed E-state index contributed by atoms with van der Waals surface area (Å²) in [4.78, 5) is 8.68. The van der Waals surface area contributed by atoms with Crippen LogP contribution in [0.15, 0.2) is 12.3 Å². The average Bonchev–Trinajstić information content (AvgIpc) is 2.25. The number of nitrogens with zero attached hydrogens (tertiary/aromatic N) is 3. The predicted molar refractivity (Wildman–Crippen MR) is 61.9 cm³/mol. The standard InChI is InChI=1S/C9H11F3N4S/c1-2-16(5-9(10,11)12)8-14-4-3-6(15-8)7(13)17/h3-4H,2,5H2,1H3,(H2,13,17). The number of thiocarbonyl (C=S) groups is 1. The quantitative estimate of drug-likeness (QED) is 0.835. The van der Waals surface area contributed by atoms with Crippen molar-refractivity contribution in [2.75, 3.05) is 18.0 Å². The number of halogens is 3. The third-order valence-corrected chi connectivity index (χ3v) is 2.14. The normalized spacial score (nSPS) is 11.3. The van der Waals surface area contributed by atoms with E-state index in [0.29, 0.717) is 0 Å². The van der Waals surface area contributed by atoms with E-state index in [2.05, 4.69) is 9.97 Å². The molecule has 1 rings (SSSR count). The fraction of sp³-hybridized carbons (Fsp3) is 0.444. The van der Waals surface area contributed by atoms with Crippen LogP contribution in [0.1, 0.15) is 12.6 Å². The lowest BCUT2D eigenvalue weighted by molar-refractivity contribution is -0.119. The van der Waals surface area contributed by atoms with Gasteiger partial charge in [-0.25, -0.2) is 9.97 Å². The lowest BCUT2D eigenvalue weighted by Crippen LogP contribution is -2.35. The van der Waals surface area contributed by atoms with Gasteiger partial charge in [-0.3, -0.25) is 0 Å². The minimum atomic E-state index is -4.31. The number of hydrogen-bond acceptors (Lipinski definition) is 4. The van der Waals surface area contributed by atoms with Crippen molar-refractivity contribution in [3.8, 4) is 0 Å². The van der Waals surface area contributed by atoms with Gasteiger partial charge in [-0.1, -0.05) is 12.2 Å². The Labute approximate surface area is 102 Å². The van der Waals surface area contributed by atoms with Crippen LogP contribution in [-0.4, -0.2) is 34.2 Å². The van der Waals surface area contributed by atoms with Gasteiger partial charge in [0, 0.05) is 12.7 Å². The first-order chi connectivity index (χ1) is 7.83. The second kappa shape index (κ2) is 5.26. The van der Waals surface area contributed by atoms with E-state index in [9.17, 15) is 13.2 Å². The highest BCUT2D eigenvalue weighted by atomic mass is 32.1. The zero-order valence-electron chi connectivity index (χ0n) is 9.03. The summed E-state index contributed by atoms with van der Waals surface area (Å²) < 4.78 is 36.9. The summed E-state index contributed by atoms with van der Waals surface area (Å²) in [6.07, 6.45) is -2.98. The highest BCUT2D eigenvalue weighted by Crippen LogP contribution is 2.19. The van der Waals surface area contributed by atoms with Crippen molar-refractivity contribution in [3.63, 3.8) is 0 Å². The van der Waals surface area contributed by atoms with E-state index >= 15 is 0 Å². The molecule has 0 saturated carbocycles. The van der Waals surface area contributed by atoms with Crippen LogP contribution < -0.4 is 10.6 Å². The molecule has 0 atom stereocenters. The van der Waals surface area contributed by atoms with Crippen LogP contribution in [0.25, 0.3) is 0 Å². The van der Waals surface area contributed by atoms with Crippen molar-refractivity contribution in [2.45, 2.75) is 13.1 Å². The highest BCUT2D eigenvalue weighted by Gasteiger charge is 2.31. The zero-order valence-corrected chi connectivity index (χ0v) is 9.85. The van der Waals surface area contributed by atoms with Crippen LogP contribution in [0.5, 0.6) is 0 Å². The first-order valence-electron chi connectivity index (χ1n) is 4.78. The smallest absolute Gasteiger partial charge is 0.388 e. The molecule has 0 bridgehead atoms. The van der Waals surface area contributed by atoms with Gasteiger partial charge in [0.05, 0.1) is 0 Å². The first kappa shape index (κ1) is 13.6. The van der Waals surface area contributed by atoms with Crippen LogP contribution in [-0.2, 0) is 0 Å². The molecular weight excluding hydrogens is 253 g/mol. The molecule has 0 unspecified atom stereocenters. The van der Waals surface area contributed by atoms with Crippen LogP contribution >= 0.6 is 12.2 Å². The Hall–Kier alpha value is -1.44. The van der Waals surface area contributed by atoms with Crippen LogP contribution in [0.2, 0.25) is 0 Å². The summed E-state index contributed by atoms with van der Waals surface area (Å²) in [6, 6.07) is 1.45. The molecule has 0 aromatic carbocycles. The summed E-state index contributed by atoms with van der Waals surface area (Å²) in [5, 5.41) is 0. The summed E-state index contributed by atoms with van der Waals surface area (Å²) in [6.45, 7) is 0.618. The molecule has 8 heteroatoms. The van der Waals surface area contributed by atoms with Crippen LogP contribution in [0.3, 0.4) is 0 Å². The number of hydrogen-bond donors (Lipinski definition) is 1. The summed E-state index contributed by atoms with van der Waals surface area (Å²) >= 11 is 4.70. The molecule has 0 aliphatic rings. The highest BCUT2D eigenvalue weighted by molar-refractivity contribution is 7.80. The van der Waals surface area contributed by atoms with Crippen molar-refractivity contribution >= 4 is 23.2 Å². The molecule has 2 N–H and O–H groups in total. The second-order valence-electron chi connectivity index (χ2n) is 3.24. The second-order valence-corrected chi connectivity index (χ2v) is 3.68. The maximum absolute atomic E-state index is 12.3. The van der Waals surface area contributed by atoms with Crippen molar-refractivity contribution < 1.29 is 13.2 Å². The van der Waals surface area contributed by atoms with Gasteiger partial charge in [-0.05, 0) is 13.0 Å². The van der Waals surface area contributed by atoms with Crippen molar-refractivity contribution in [2.24, 2.45) is 5.73 Å². The van der Waals surface area contributed by atoms with E-state index < -0.39 is 12.7 Å². The Morgan fingerprint density at radius 1 is 1.53 bits per heavy atom. The minimum Gasteiger partial charge on any atom is -0.388 e. The number of rotatable bonds is 4. The molecule has 0 spiro atoms. The van der Waals surface area contributed by atoms with E-state index in [1.165, 1.54) is 12.3 Å². The Morgan fingerprint density at radius 3 is 2.65 bits per heavy atom. The third-order valence-electron chi connectivity index (χ3n) is 1.93. The third kappa shape index (κ3) is 4.14. The molecule has 1 aromatic heterocycles. The van der Waals surface area contributed by atoms with E-state index in [4.69, 9.17) is 18.0 Å². The summed E-state index contributed by atoms with van der Waals surface area (Å²) in [7, 11) is 0. The van der Waals surface area contributed by atoms with Gasteiger partial charge in [0.1, 0.15) is 17.2 Å². The zero-order chi connectivity index (χ0) is 13.1. The van der Waals surface area contributed by atoms with E-state index in [0.717, 1.165) is 4.90 Å². The monoisotopic (exact) mass is 264 g/mol. The molecule has 94 valence electrons. The molecular formula is C9H11F3N4S. The number of aromatic nitrogens is 2. The molecule has 0 amide bonds. The summed E-state index contributed by atoms with van der Waals surface area (Å²) in [5.41, 5.74) is 5.61. The maximum Gasteiger partial charge on any atom is 0.406 e. The number of alkyl halides is 3. The van der Waals surface area contributed by atoms with Gasteiger partial charge in [-0.2, -0.15) is 13.2 Å². The molecule has 1 heterocycles. The van der Waals surface area contributed by atoms with Crippen molar-refractivity contribution in [3.05, 3.63) is 18.0 Å². The predicted octanol–water partition coefficient (Wildman–Crippen LogP) is 1.50. The first-order valence-corrected chi connectivity index (χ1v) is 5.19. The van der Waals surface area contributed by atoms with Gasteiger partial charge < -0.3 is 10.6 Å². The largest absolute Gasteiger partial charge is 0.406 e. The van der Waals surface area contributed by atoms with E-state index in [1.54, 1.807) is 6.92 Å². The van der Waals surface area contributed by atoms with Gasteiger partial charge in [0.2, 0.25) is 5.95 Å². The fourth-order valence-corrected chi connectivity index (χ4v) is 1.29. The van der Waals surface area contributed by atoms with Gasteiger partial charge in [-0.15, -0.1) is 0 Å². The van der Waals surface area contributed by atoms with Crippen molar-refractivity contribution in [1.29, 1.82) is 0 Å². The molecule has 0 fully saturated rings. The summed E-state index contributed by atoms with van der Waals surface area (Å²) in [5.74, 6) is -0.0323. The molecule has 1 aromatic rings. The van der Waals surface area contributed by atoms with Gasteiger partial charge in [0.25, 0.3) is 0 Å². The Morgan fingerprint density at radius 2 is 2.18 bits per heavy atom. The molecule has 0 saturated heterocycles. The Balaban J connectivity index is 2.96. The molecule has 4 nitrogen and oxygen atoms in total. The lowest BCUT2D eigenvalue weighted by Gasteiger charge is -2.22. The number of nitrogens with two attached hydrogens (primary N) is 1. The molecule has 0 aliphatic heterocycles. The Bertz CT molecular complexity index is 407. The SMILES string of the molecule is CCN(CC(F)(F)F)c1nccc(C(N)=S)n1. The Kier molecular flexibility index (Phi) is 4.22. The van der Waals surface area contributed by atoms with Crippen LogP contribution in [0, 0.1) is 0 Å². The van der Waals surface area contributed by atoms with E-state index in [-0.39, 0.29) is 23.2 Å². The molecule has 17 heavy (non-hydrogen) atoms. The molecule has 0 aliphatic carbocycles. The van der Waals surface area contributed by atoms with Crippen molar-refractivity contribution in [1.82, 2.24) is 9.97 Å². The maximum atomic E-state index is 12.3. The minimum absolute atomic E-state index is 0.0247. The lowest BCUT2D eigenvalue weighted by atomic mass is 10.4.